The van der Waals surface area contributed by atoms with E-state index in [1.165, 1.54) is 0 Å². The van der Waals surface area contributed by atoms with Gasteiger partial charge in [0.2, 0.25) is 5.91 Å². The number of hydrogen-bond donors (Lipinski definition) is 1. The predicted octanol–water partition coefficient (Wildman–Crippen LogP) is 1.52. The van der Waals surface area contributed by atoms with E-state index in [2.05, 4.69) is 0 Å². The van der Waals surface area contributed by atoms with Crippen LogP contribution in [0.1, 0.15) is 12.8 Å². The van der Waals surface area contributed by atoms with Crippen molar-refractivity contribution in [3.63, 3.8) is 0 Å². The van der Waals surface area contributed by atoms with Gasteiger partial charge in [0, 0.05) is 32.3 Å². The molecule has 2 N–H and O–H groups in total. The maximum atomic E-state index is 11.3. The Kier molecular flexibility index (Phi) is 4.64. The number of benzene rings is 1. The third-order valence-electron chi connectivity index (χ3n) is 2.16. The molecule has 4 nitrogen and oxygen atoms in total. The Morgan fingerprint density at radius 3 is 2.81 bits per heavy atom. The van der Waals surface area contributed by atoms with Crippen LogP contribution in [0.15, 0.2) is 24.3 Å². The van der Waals surface area contributed by atoms with Crippen molar-refractivity contribution in [3.8, 4) is 5.75 Å². The molecule has 4 heteroatoms. The van der Waals surface area contributed by atoms with Gasteiger partial charge in [-0.25, -0.2) is 0 Å². The number of carbonyl (C=O) groups is 1. The molecule has 0 fully saturated rings. The Bertz CT molecular complexity index is 351. The van der Waals surface area contributed by atoms with Gasteiger partial charge < -0.3 is 15.4 Å². The van der Waals surface area contributed by atoms with Gasteiger partial charge in [0.1, 0.15) is 5.75 Å². The summed E-state index contributed by atoms with van der Waals surface area (Å²) in [5.74, 6) is 0.869. The lowest BCUT2D eigenvalue weighted by atomic mass is 10.3. The summed E-state index contributed by atoms with van der Waals surface area (Å²) in [6, 6.07) is 7.27. The van der Waals surface area contributed by atoms with Crippen LogP contribution in [-0.2, 0) is 4.79 Å². The fraction of sp³-hybridized carbons (Fsp3) is 0.417. The van der Waals surface area contributed by atoms with E-state index in [4.69, 9.17) is 10.5 Å². The van der Waals surface area contributed by atoms with E-state index < -0.39 is 0 Å². The molecule has 1 amide bonds. The van der Waals surface area contributed by atoms with E-state index in [9.17, 15) is 4.79 Å². The molecule has 0 saturated carbocycles. The number of nitrogens with two attached hydrogens (primary N) is 1. The summed E-state index contributed by atoms with van der Waals surface area (Å²) in [6.07, 6.45) is 1.22. The zero-order chi connectivity index (χ0) is 12.0. The van der Waals surface area contributed by atoms with Gasteiger partial charge in [-0.1, -0.05) is 6.07 Å². The van der Waals surface area contributed by atoms with E-state index >= 15 is 0 Å². The lowest BCUT2D eigenvalue weighted by molar-refractivity contribution is -0.128. The van der Waals surface area contributed by atoms with E-state index in [0.29, 0.717) is 25.1 Å². The van der Waals surface area contributed by atoms with Crippen molar-refractivity contribution in [2.75, 3.05) is 26.4 Å². The van der Waals surface area contributed by atoms with Crippen molar-refractivity contribution in [1.82, 2.24) is 4.90 Å². The summed E-state index contributed by atoms with van der Waals surface area (Å²) < 4.78 is 5.47. The third kappa shape index (κ3) is 4.21. The standard InChI is InChI=1S/C12H18N2O2/c1-14(2)12(15)7-4-8-16-11-6-3-5-10(13)9-11/h3,5-6,9H,4,7-8,13H2,1-2H3. The zero-order valence-corrected chi connectivity index (χ0v) is 9.77. The topological polar surface area (TPSA) is 55.6 Å². The monoisotopic (exact) mass is 222 g/mol. The first kappa shape index (κ1) is 12.4. The summed E-state index contributed by atoms with van der Waals surface area (Å²) in [7, 11) is 3.50. The Hall–Kier alpha value is -1.71. The first-order chi connectivity index (χ1) is 7.59. The molecule has 16 heavy (non-hydrogen) atoms. The van der Waals surface area contributed by atoms with Crippen LogP contribution in [0.5, 0.6) is 5.75 Å². The number of nitrogen functional groups attached to an aromatic ring is 1. The molecule has 0 aliphatic carbocycles. The molecule has 88 valence electrons. The van der Waals surface area contributed by atoms with Crippen LogP contribution in [0, 0.1) is 0 Å². The van der Waals surface area contributed by atoms with Crippen molar-refractivity contribution >= 4 is 11.6 Å². The van der Waals surface area contributed by atoms with Gasteiger partial charge in [-0.3, -0.25) is 4.79 Å². The fourth-order valence-electron chi connectivity index (χ4n) is 1.24. The maximum absolute atomic E-state index is 11.3. The van der Waals surface area contributed by atoms with Gasteiger partial charge in [0.25, 0.3) is 0 Å². The molecule has 0 saturated heterocycles. The third-order valence-corrected chi connectivity index (χ3v) is 2.16. The first-order valence-electron chi connectivity index (χ1n) is 5.28. The molecule has 0 radical (unpaired) electrons. The van der Waals surface area contributed by atoms with Crippen LogP contribution in [-0.4, -0.2) is 31.5 Å². The van der Waals surface area contributed by atoms with Gasteiger partial charge in [0.05, 0.1) is 6.61 Å². The summed E-state index contributed by atoms with van der Waals surface area (Å²) in [5.41, 5.74) is 6.29. The average molecular weight is 222 g/mol. The Morgan fingerprint density at radius 2 is 2.19 bits per heavy atom. The van der Waals surface area contributed by atoms with Crippen molar-refractivity contribution < 1.29 is 9.53 Å². The van der Waals surface area contributed by atoms with Crippen LogP contribution in [0.4, 0.5) is 5.69 Å². The van der Waals surface area contributed by atoms with Gasteiger partial charge in [-0.15, -0.1) is 0 Å². The highest BCUT2D eigenvalue weighted by molar-refractivity contribution is 5.75. The summed E-state index contributed by atoms with van der Waals surface area (Å²) in [6.45, 7) is 0.531. The largest absolute Gasteiger partial charge is 0.494 e. The summed E-state index contributed by atoms with van der Waals surface area (Å²) in [5, 5.41) is 0. The molecule has 1 aromatic rings. The highest BCUT2D eigenvalue weighted by Crippen LogP contribution is 2.14. The SMILES string of the molecule is CN(C)C(=O)CCCOc1cccc(N)c1. The minimum atomic E-state index is 0.121. The Morgan fingerprint density at radius 1 is 1.44 bits per heavy atom. The quantitative estimate of drug-likeness (QED) is 0.607. The summed E-state index contributed by atoms with van der Waals surface area (Å²) >= 11 is 0. The lowest BCUT2D eigenvalue weighted by Gasteiger charge is -2.10. The van der Waals surface area contributed by atoms with Gasteiger partial charge in [0.15, 0.2) is 0 Å². The molecule has 1 rings (SSSR count). The molecule has 0 aromatic heterocycles. The summed E-state index contributed by atoms with van der Waals surface area (Å²) in [4.78, 5) is 12.8. The molecule has 1 aromatic carbocycles. The number of ether oxygens (including phenoxy) is 1. The Balaban J connectivity index is 2.23. The van der Waals surface area contributed by atoms with Crippen LogP contribution >= 0.6 is 0 Å². The van der Waals surface area contributed by atoms with E-state index in [1.807, 2.05) is 18.2 Å². The average Bonchev–Trinajstić information content (AvgIpc) is 2.24. The molecule has 0 aliphatic heterocycles. The molecular formula is C12H18N2O2. The van der Waals surface area contributed by atoms with Gasteiger partial charge in [-0.05, 0) is 18.6 Å². The predicted molar refractivity (Wildman–Crippen MR) is 64.3 cm³/mol. The van der Waals surface area contributed by atoms with E-state index in [0.717, 1.165) is 5.75 Å². The number of amides is 1. The first-order valence-corrected chi connectivity index (χ1v) is 5.28. The Labute approximate surface area is 96.0 Å². The molecule has 0 unspecified atom stereocenters. The highest BCUT2D eigenvalue weighted by atomic mass is 16.5. The van der Waals surface area contributed by atoms with E-state index in [1.54, 1.807) is 25.1 Å². The second kappa shape index (κ2) is 6.00. The second-order valence-corrected chi connectivity index (χ2v) is 3.81. The molecule has 0 atom stereocenters. The number of nitrogens with zero attached hydrogens (tertiary/aromatic N) is 1. The molecular weight excluding hydrogens is 204 g/mol. The van der Waals surface area contributed by atoms with Crippen LogP contribution < -0.4 is 10.5 Å². The number of anilines is 1. The molecule has 0 bridgehead atoms. The van der Waals surface area contributed by atoms with E-state index in [-0.39, 0.29) is 5.91 Å². The minimum absolute atomic E-state index is 0.121. The number of carbonyl (C=O) groups excluding carboxylic acids is 1. The molecule has 0 heterocycles. The van der Waals surface area contributed by atoms with Crippen LogP contribution in [0.3, 0.4) is 0 Å². The smallest absolute Gasteiger partial charge is 0.222 e. The molecule has 0 spiro atoms. The highest BCUT2D eigenvalue weighted by Gasteiger charge is 2.03. The lowest BCUT2D eigenvalue weighted by Crippen LogP contribution is -2.21. The fourth-order valence-corrected chi connectivity index (χ4v) is 1.24. The normalized spacial score (nSPS) is 9.88. The molecule has 0 aliphatic rings. The van der Waals surface area contributed by atoms with Gasteiger partial charge >= 0.3 is 0 Å². The van der Waals surface area contributed by atoms with Crippen molar-refractivity contribution in [3.05, 3.63) is 24.3 Å². The minimum Gasteiger partial charge on any atom is -0.494 e. The number of rotatable bonds is 5. The van der Waals surface area contributed by atoms with Crippen molar-refractivity contribution in [2.45, 2.75) is 12.8 Å². The van der Waals surface area contributed by atoms with Crippen molar-refractivity contribution in [2.24, 2.45) is 0 Å². The van der Waals surface area contributed by atoms with Crippen molar-refractivity contribution in [1.29, 1.82) is 0 Å². The van der Waals surface area contributed by atoms with Crippen LogP contribution in [0.2, 0.25) is 0 Å². The zero-order valence-electron chi connectivity index (χ0n) is 9.77. The maximum Gasteiger partial charge on any atom is 0.222 e. The second-order valence-electron chi connectivity index (χ2n) is 3.81. The van der Waals surface area contributed by atoms with Gasteiger partial charge in [-0.2, -0.15) is 0 Å². The van der Waals surface area contributed by atoms with Crippen LogP contribution in [0.25, 0.3) is 0 Å². The number of hydrogen-bond acceptors (Lipinski definition) is 3.